The van der Waals surface area contributed by atoms with Gasteiger partial charge < -0.3 is 19.9 Å². The highest BCUT2D eigenvalue weighted by molar-refractivity contribution is 5.97. The summed E-state index contributed by atoms with van der Waals surface area (Å²) in [6, 6.07) is 6.67. The molecule has 1 aliphatic rings. The Morgan fingerprint density at radius 3 is 2.08 bits per heavy atom. The standard InChI is InChI=1S/C19H27N3O4/c1-4-26-19(25)22-11-9-21(10-12-22)18(24)16-7-5-15(6-8-16)17(23)20-13-14(2)3/h5-8,14H,4,9-13H2,1-3H3,(H,20,23). The van der Waals surface area contributed by atoms with E-state index in [1.165, 1.54) is 0 Å². The second-order valence-corrected chi connectivity index (χ2v) is 6.66. The molecule has 0 aromatic heterocycles. The third kappa shape index (κ3) is 5.21. The second kappa shape index (κ2) is 9.22. The summed E-state index contributed by atoms with van der Waals surface area (Å²) >= 11 is 0. The zero-order valence-electron chi connectivity index (χ0n) is 15.7. The van der Waals surface area contributed by atoms with Crippen LogP contribution in [0, 0.1) is 5.92 Å². The number of nitrogens with zero attached hydrogens (tertiary/aromatic N) is 2. The van der Waals surface area contributed by atoms with Crippen LogP contribution in [0.5, 0.6) is 0 Å². The minimum Gasteiger partial charge on any atom is -0.450 e. The van der Waals surface area contributed by atoms with Gasteiger partial charge in [-0.3, -0.25) is 9.59 Å². The second-order valence-electron chi connectivity index (χ2n) is 6.66. The molecule has 0 bridgehead atoms. The Labute approximate surface area is 154 Å². The monoisotopic (exact) mass is 361 g/mol. The molecule has 3 amide bonds. The van der Waals surface area contributed by atoms with Gasteiger partial charge in [-0.05, 0) is 37.1 Å². The van der Waals surface area contributed by atoms with Crippen LogP contribution in [0.2, 0.25) is 0 Å². The van der Waals surface area contributed by atoms with Crippen molar-refractivity contribution in [3.05, 3.63) is 35.4 Å². The van der Waals surface area contributed by atoms with Gasteiger partial charge in [0.1, 0.15) is 0 Å². The van der Waals surface area contributed by atoms with Gasteiger partial charge in [0.05, 0.1) is 6.61 Å². The summed E-state index contributed by atoms with van der Waals surface area (Å²) in [4.78, 5) is 39.6. The fraction of sp³-hybridized carbons (Fsp3) is 0.526. The van der Waals surface area contributed by atoms with Crippen molar-refractivity contribution in [3.63, 3.8) is 0 Å². The average molecular weight is 361 g/mol. The van der Waals surface area contributed by atoms with E-state index in [1.54, 1.807) is 41.0 Å². The number of piperazine rings is 1. The molecule has 142 valence electrons. The number of carbonyl (C=O) groups excluding carboxylic acids is 3. The van der Waals surface area contributed by atoms with Crippen molar-refractivity contribution >= 4 is 17.9 Å². The molecule has 0 spiro atoms. The van der Waals surface area contributed by atoms with E-state index in [9.17, 15) is 14.4 Å². The molecule has 1 heterocycles. The Bertz CT molecular complexity index is 635. The van der Waals surface area contributed by atoms with Crippen molar-refractivity contribution in [3.8, 4) is 0 Å². The first-order valence-electron chi connectivity index (χ1n) is 9.01. The summed E-state index contributed by atoms with van der Waals surface area (Å²) in [5.74, 6) is 0.150. The van der Waals surface area contributed by atoms with Crippen molar-refractivity contribution in [1.29, 1.82) is 0 Å². The molecule has 7 heteroatoms. The Hall–Kier alpha value is -2.57. The van der Waals surface area contributed by atoms with Gasteiger partial charge in [0.15, 0.2) is 0 Å². The number of benzene rings is 1. The van der Waals surface area contributed by atoms with Crippen LogP contribution in [-0.2, 0) is 4.74 Å². The van der Waals surface area contributed by atoms with Gasteiger partial charge in [-0.15, -0.1) is 0 Å². The highest BCUT2D eigenvalue weighted by Crippen LogP contribution is 2.11. The fourth-order valence-electron chi connectivity index (χ4n) is 2.65. The van der Waals surface area contributed by atoms with Crippen LogP contribution in [0.15, 0.2) is 24.3 Å². The maximum atomic E-state index is 12.6. The number of amides is 3. The van der Waals surface area contributed by atoms with E-state index in [0.717, 1.165) is 0 Å². The Kier molecular flexibility index (Phi) is 7.00. The van der Waals surface area contributed by atoms with E-state index >= 15 is 0 Å². The first kappa shape index (κ1) is 19.8. The lowest BCUT2D eigenvalue weighted by molar-refractivity contribution is 0.0570. The third-order valence-corrected chi connectivity index (χ3v) is 4.16. The molecule has 0 atom stereocenters. The van der Waals surface area contributed by atoms with Gasteiger partial charge >= 0.3 is 6.09 Å². The molecule has 1 aromatic rings. The highest BCUT2D eigenvalue weighted by Gasteiger charge is 2.25. The van der Waals surface area contributed by atoms with Crippen molar-refractivity contribution in [2.24, 2.45) is 5.92 Å². The van der Waals surface area contributed by atoms with Gasteiger partial charge in [-0.1, -0.05) is 13.8 Å². The lowest BCUT2D eigenvalue weighted by atomic mass is 10.1. The van der Waals surface area contributed by atoms with Gasteiger partial charge in [-0.25, -0.2) is 4.79 Å². The minimum absolute atomic E-state index is 0.0948. The molecule has 26 heavy (non-hydrogen) atoms. The predicted octanol–water partition coefficient (Wildman–Crippen LogP) is 1.99. The molecule has 2 rings (SSSR count). The molecule has 0 saturated carbocycles. The molecule has 7 nitrogen and oxygen atoms in total. The van der Waals surface area contributed by atoms with Crippen LogP contribution in [-0.4, -0.2) is 67.0 Å². The molecule has 1 N–H and O–H groups in total. The van der Waals surface area contributed by atoms with Gasteiger partial charge in [0, 0.05) is 43.9 Å². The largest absolute Gasteiger partial charge is 0.450 e. The van der Waals surface area contributed by atoms with Crippen molar-refractivity contribution in [2.75, 3.05) is 39.3 Å². The fourth-order valence-corrected chi connectivity index (χ4v) is 2.65. The van der Waals surface area contributed by atoms with Gasteiger partial charge in [-0.2, -0.15) is 0 Å². The van der Waals surface area contributed by atoms with Crippen molar-refractivity contribution in [2.45, 2.75) is 20.8 Å². The predicted molar refractivity (Wildman–Crippen MR) is 98.1 cm³/mol. The van der Waals surface area contributed by atoms with Crippen LogP contribution in [0.3, 0.4) is 0 Å². The van der Waals surface area contributed by atoms with E-state index in [0.29, 0.717) is 56.4 Å². The maximum absolute atomic E-state index is 12.6. The zero-order chi connectivity index (χ0) is 19.1. The first-order valence-corrected chi connectivity index (χ1v) is 9.01. The zero-order valence-corrected chi connectivity index (χ0v) is 15.7. The van der Waals surface area contributed by atoms with Gasteiger partial charge in [0.2, 0.25) is 0 Å². The Morgan fingerprint density at radius 2 is 1.54 bits per heavy atom. The van der Waals surface area contributed by atoms with E-state index in [1.807, 2.05) is 13.8 Å². The number of nitrogens with one attached hydrogen (secondary N) is 1. The highest BCUT2D eigenvalue weighted by atomic mass is 16.6. The molecule has 0 unspecified atom stereocenters. The SMILES string of the molecule is CCOC(=O)N1CCN(C(=O)c2ccc(C(=O)NCC(C)C)cc2)CC1. The number of hydrogen-bond acceptors (Lipinski definition) is 4. The average Bonchev–Trinajstić information content (AvgIpc) is 2.66. The smallest absolute Gasteiger partial charge is 0.409 e. The molecule has 0 aliphatic carbocycles. The Morgan fingerprint density at radius 1 is 1.00 bits per heavy atom. The molecule has 1 aromatic carbocycles. The van der Waals surface area contributed by atoms with Crippen LogP contribution >= 0.6 is 0 Å². The quantitative estimate of drug-likeness (QED) is 0.870. The van der Waals surface area contributed by atoms with E-state index in [-0.39, 0.29) is 17.9 Å². The number of ether oxygens (including phenoxy) is 1. The first-order chi connectivity index (χ1) is 12.4. The van der Waals surface area contributed by atoms with Crippen LogP contribution in [0.4, 0.5) is 4.79 Å². The summed E-state index contributed by atoms with van der Waals surface area (Å²) in [7, 11) is 0. The Balaban J connectivity index is 1.90. The third-order valence-electron chi connectivity index (χ3n) is 4.16. The van der Waals surface area contributed by atoms with Crippen LogP contribution < -0.4 is 5.32 Å². The van der Waals surface area contributed by atoms with E-state index < -0.39 is 0 Å². The van der Waals surface area contributed by atoms with Crippen LogP contribution in [0.25, 0.3) is 0 Å². The topological polar surface area (TPSA) is 79.0 Å². The molecule has 0 radical (unpaired) electrons. The lowest BCUT2D eigenvalue weighted by Gasteiger charge is -2.34. The van der Waals surface area contributed by atoms with Crippen molar-refractivity contribution in [1.82, 2.24) is 15.1 Å². The molecule has 1 fully saturated rings. The number of hydrogen-bond donors (Lipinski definition) is 1. The van der Waals surface area contributed by atoms with Crippen molar-refractivity contribution < 1.29 is 19.1 Å². The molecular formula is C19H27N3O4. The lowest BCUT2D eigenvalue weighted by Crippen LogP contribution is -2.50. The number of rotatable bonds is 5. The van der Waals surface area contributed by atoms with E-state index in [2.05, 4.69) is 5.32 Å². The summed E-state index contributed by atoms with van der Waals surface area (Å²) in [6.07, 6.45) is -0.337. The summed E-state index contributed by atoms with van der Waals surface area (Å²) in [5, 5.41) is 2.85. The maximum Gasteiger partial charge on any atom is 0.409 e. The summed E-state index contributed by atoms with van der Waals surface area (Å²) in [6.45, 7) is 8.64. The van der Waals surface area contributed by atoms with E-state index in [4.69, 9.17) is 4.74 Å². The minimum atomic E-state index is -0.337. The number of carbonyl (C=O) groups is 3. The summed E-state index contributed by atoms with van der Waals surface area (Å²) in [5.41, 5.74) is 1.07. The molecular weight excluding hydrogens is 334 g/mol. The normalized spacial score (nSPS) is 14.3. The molecule has 1 saturated heterocycles. The van der Waals surface area contributed by atoms with Gasteiger partial charge in [0.25, 0.3) is 11.8 Å². The van der Waals surface area contributed by atoms with Crippen LogP contribution in [0.1, 0.15) is 41.5 Å². The summed E-state index contributed by atoms with van der Waals surface area (Å²) < 4.78 is 4.98. The molecule has 1 aliphatic heterocycles.